The molecule has 1 aliphatic heterocycles. The molecule has 7 heteroatoms. The molecule has 3 N–H and O–H groups in total. The van der Waals surface area contributed by atoms with E-state index >= 15 is 0 Å². The van der Waals surface area contributed by atoms with Crippen molar-refractivity contribution in [3.05, 3.63) is 29.8 Å². The lowest BCUT2D eigenvalue weighted by Gasteiger charge is -2.23. The Morgan fingerprint density at radius 3 is 2.50 bits per heavy atom. The number of hydrogen-bond acceptors (Lipinski definition) is 4. The molecule has 1 saturated carbocycles. The summed E-state index contributed by atoms with van der Waals surface area (Å²) < 4.78 is 26.9. The molecular formula is C17H25N3O3S. The molecule has 1 heterocycles. The maximum absolute atomic E-state index is 12.1. The van der Waals surface area contributed by atoms with Crippen LogP contribution in [-0.4, -0.2) is 39.5 Å². The summed E-state index contributed by atoms with van der Waals surface area (Å²) in [7, 11) is -3.40. The van der Waals surface area contributed by atoms with Gasteiger partial charge in [0.25, 0.3) is 0 Å². The summed E-state index contributed by atoms with van der Waals surface area (Å²) in [6.45, 7) is 1.86. The number of rotatable bonds is 7. The molecule has 0 unspecified atom stereocenters. The van der Waals surface area contributed by atoms with Gasteiger partial charge in [-0.3, -0.25) is 4.79 Å². The van der Waals surface area contributed by atoms with Crippen molar-refractivity contribution in [2.75, 3.05) is 13.1 Å². The number of hydrogen-bond donors (Lipinski definition) is 3. The number of carbonyl (C=O) groups excluding carboxylic acids is 1. The first kappa shape index (κ1) is 17.4. The van der Waals surface area contributed by atoms with Gasteiger partial charge in [-0.2, -0.15) is 0 Å². The fourth-order valence-corrected chi connectivity index (χ4v) is 4.16. The molecule has 0 radical (unpaired) electrons. The van der Waals surface area contributed by atoms with E-state index in [1.807, 2.05) is 0 Å². The summed E-state index contributed by atoms with van der Waals surface area (Å²) >= 11 is 0. The van der Waals surface area contributed by atoms with Gasteiger partial charge in [-0.05, 0) is 56.3 Å². The van der Waals surface area contributed by atoms with Crippen LogP contribution in [0.4, 0.5) is 0 Å². The highest BCUT2D eigenvalue weighted by molar-refractivity contribution is 7.89. The second-order valence-corrected chi connectivity index (χ2v) is 8.36. The number of carbonyl (C=O) groups is 1. The Balaban J connectivity index is 1.47. The summed E-state index contributed by atoms with van der Waals surface area (Å²) in [6, 6.07) is 7.14. The van der Waals surface area contributed by atoms with Crippen molar-refractivity contribution in [2.45, 2.75) is 55.5 Å². The molecule has 0 spiro atoms. The largest absolute Gasteiger partial charge is 0.352 e. The van der Waals surface area contributed by atoms with Gasteiger partial charge < -0.3 is 10.6 Å². The molecule has 1 atom stereocenters. The van der Waals surface area contributed by atoms with E-state index in [0.717, 1.165) is 44.3 Å². The number of piperidine rings is 1. The van der Waals surface area contributed by atoms with Crippen LogP contribution in [0.25, 0.3) is 0 Å². The van der Waals surface area contributed by atoms with Gasteiger partial charge in [0.05, 0.1) is 4.90 Å². The van der Waals surface area contributed by atoms with E-state index in [-0.39, 0.29) is 22.9 Å². The van der Waals surface area contributed by atoms with Gasteiger partial charge in [-0.1, -0.05) is 12.1 Å². The third kappa shape index (κ3) is 5.03. The normalized spacial score (nSPS) is 21.4. The summed E-state index contributed by atoms with van der Waals surface area (Å²) in [6.07, 6.45) is 4.99. The molecule has 132 valence electrons. The minimum atomic E-state index is -3.40. The first-order chi connectivity index (χ1) is 11.5. The van der Waals surface area contributed by atoms with Gasteiger partial charge in [0.15, 0.2) is 0 Å². The highest BCUT2D eigenvalue weighted by atomic mass is 32.2. The average Bonchev–Trinajstić information content (AvgIpc) is 3.37. The van der Waals surface area contributed by atoms with Crippen molar-refractivity contribution in [1.82, 2.24) is 15.4 Å². The third-order valence-corrected chi connectivity index (χ3v) is 5.97. The molecule has 1 amide bonds. The van der Waals surface area contributed by atoms with Gasteiger partial charge in [-0.15, -0.1) is 0 Å². The molecular weight excluding hydrogens is 326 g/mol. The molecule has 3 rings (SSSR count). The molecule has 24 heavy (non-hydrogen) atoms. The number of benzene rings is 1. The molecule has 2 fully saturated rings. The van der Waals surface area contributed by atoms with Crippen molar-refractivity contribution in [3.8, 4) is 0 Å². The fourth-order valence-electron chi connectivity index (χ4n) is 2.86. The van der Waals surface area contributed by atoms with E-state index in [1.54, 1.807) is 24.3 Å². The zero-order chi connectivity index (χ0) is 17.0. The van der Waals surface area contributed by atoms with Crippen LogP contribution in [0.5, 0.6) is 0 Å². The van der Waals surface area contributed by atoms with Crippen LogP contribution in [-0.2, 0) is 21.2 Å². The predicted molar refractivity (Wildman–Crippen MR) is 92.1 cm³/mol. The molecule has 1 aliphatic carbocycles. The van der Waals surface area contributed by atoms with Crippen molar-refractivity contribution in [2.24, 2.45) is 0 Å². The monoisotopic (exact) mass is 351 g/mol. The predicted octanol–water partition coefficient (Wildman–Crippen LogP) is 0.928. The van der Waals surface area contributed by atoms with E-state index in [4.69, 9.17) is 0 Å². The summed E-state index contributed by atoms with van der Waals surface area (Å²) in [4.78, 5) is 12.3. The number of sulfonamides is 1. The second-order valence-electron chi connectivity index (χ2n) is 6.65. The molecule has 0 bridgehead atoms. The zero-order valence-electron chi connectivity index (χ0n) is 13.8. The van der Waals surface area contributed by atoms with Gasteiger partial charge in [0, 0.05) is 25.0 Å². The Kier molecular flexibility index (Phi) is 5.53. The summed E-state index contributed by atoms with van der Waals surface area (Å²) in [5.74, 6) is 0.0517. The van der Waals surface area contributed by atoms with Crippen LogP contribution in [0, 0.1) is 0 Å². The van der Waals surface area contributed by atoms with Crippen LogP contribution in [0.3, 0.4) is 0 Å². The second kappa shape index (κ2) is 7.63. The molecule has 1 aromatic rings. The summed E-state index contributed by atoms with van der Waals surface area (Å²) in [5, 5.41) is 6.32. The van der Waals surface area contributed by atoms with E-state index in [2.05, 4.69) is 15.4 Å². The number of aryl methyl sites for hydroxylation is 1. The first-order valence-electron chi connectivity index (χ1n) is 8.64. The topological polar surface area (TPSA) is 87.3 Å². The molecule has 1 aromatic carbocycles. The van der Waals surface area contributed by atoms with Gasteiger partial charge in [0.2, 0.25) is 15.9 Å². The quantitative estimate of drug-likeness (QED) is 0.682. The third-order valence-electron chi connectivity index (χ3n) is 4.44. The average molecular weight is 351 g/mol. The lowest BCUT2D eigenvalue weighted by molar-refractivity contribution is -0.121. The van der Waals surface area contributed by atoms with Gasteiger partial charge in [0.1, 0.15) is 0 Å². The molecule has 2 aliphatic rings. The molecule has 1 saturated heterocycles. The first-order valence-corrected chi connectivity index (χ1v) is 10.1. The van der Waals surface area contributed by atoms with Crippen LogP contribution >= 0.6 is 0 Å². The van der Waals surface area contributed by atoms with Crippen molar-refractivity contribution in [3.63, 3.8) is 0 Å². The van der Waals surface area contributed by atoms with Crippen LogP contribution < -0.4 is 15.4 Å². The Morgan fingerprint density at radius 2 is 1.88 bits per heavy atom. The zero-order valence-corrected chi connectivity index (χ0v) is 14.6. The summed E-state index contributed by atoms with van der Waals surface area (Å²) in [5.41, 5.74) is 0.970. The fraction of sp³-hybridized carbons (Fsp3) is 0.588. The van der Waals surface area contributed by atoms with Gasteiger partial charge >= 0.3 is 0 Å². The maximum Gasteiger partial charge on any atom is 0.240 e. The van der Waals surface area contributed by atoms with E-state index in [0.29, 0.717) is 12.8 Å². The minimum absolute atomic E-state index is 0.0517. The highest BCUT2D eigenvalue weighted by Crippen LogP contribution is 2.22. The lowest BCUT2D eigenvalue weighted by atomic mass is 10.1. The molecule has 6 nitrogen and oxygen atoms in total. The van der Waals surface area contributed by atoms with Crippen molar-refractivity contribution >= 4 is 15.9 Å². The Morgan fingerprint density at radius 1 is 1.12 bits per heavy atom. The number of amides is 1. The number of nitrogens with one attached hydrogen (secondary N) is 3. The molecule has 0 aromatic heterocycles. The lowest BCUT2D eigenvalue weighted by Crippen LogP contribution is -2.45. The van der Waals surface area contributed by atoms with Gasteiger partial charge in [-0.25, -0.2) is 13.1 Å². The SMILES string of the molecule is O=C(CCc1ccc(S(=O)(=O)NC2CC2)cc1)N[C@H]1CCCNC1. The standard InChI is InChI=1S/C17H25N3O3S/c21-17(19-15-2-1-11-18-12-15)10-5-13-3-8-16(9-4-13)24(22,23)20-14-6-7-14/h3-4,8-9,14-15,18,20H,1-2,5-7,10-12H2,(H,19,21)/t15-/m0/s1. The Hall–Kier alpha value is -1.44. The van der Waals surface area contributed by atoms with E-state index in [1.165, 1.54) is 0 Å². The Bertz CT molecular complexity index is 663. The minimum Gasteiger partial charge on any atom is -0.352 e. The van der Waals surface area contributed by atoms with Crippen LogP contribution in [0.1, 0.15) is 37.7 Å². The maximum atomic E-state index is 12.1. The van der Waals surface area contributed by atoms with E-state index < -0.39 is 10.0 Å². The van der Waals surface area contributed by atoms with E-state index in [9.17, 15) is 13.2 Å². The highest BCUT2D eigenvalue weighted by Gasteiger charge is 2.27. The van der Waals surface area contributed by atoms with Crippen LogP contribution in [0.15, 0.2) is 29.2 Å². The Labute approximate surface area is 143 Å². The van der Waals surface area contributed by atoms with Crippen molar-refractivity contribution in [1.29, 1.82) is 0 Å². The van der Waals surface area contributed by atoms with Crippen molar-refractivity contribution < 1.29 is 13.2 Å². The smallest absolute Gasteiger partial charge is 0.240 e. The van der Waals surface area contributed by atoms with Crippen LogP contribution in [0.2, 0.25) is 0 Å².